The summed E-state index contributed by atoms with van der Waals surface area (Å²) in [6.07, 6.45) is 4.44. The molecule has 0 aromatic heterocycles. The number of hydrogen-bond acceptors (Lipinski definition) is 2. The Kier molecular flexibility index (Phi) is 3.28. The molecule has 3 aliphatic rings. The minimum absolute atomic E-state index is 0. The van der Waals surface area contributed by atoms with Crippen LogP contribution in [0.3, 0.4) is 0 Å². The van der Waals surface area contributed by atoms with Crippen molar-refractivity contribution in [2.75, 3.05) is 24.8 Å². The van der Waals surface area contributed by atoms with Gasteiger partial charge < -0.3 is 16.6 Å². The summed E-state index contributed by atoms with van der Waals surface area (Å²) in [5.41, 5.74) is 7.37. The van der Waals surface area contributed by atoms with Gasteiger partial charge in [0.2, 0.25) is 0 Å². The number of nitrogens with zero attached hydrogens (tertiary/aromatic N) is 1. The molecule has 1 aliphatic carbocycles. The molecule has 0 spiro atoms. The van der Waals surface area contributed by atoms with Crippen LogP contribution >= 0.6 is 0 Å². The van der Waals surface area contributed by atoms with Crippen LogP contribution in [0.4, 0.5) is 5.69 Å². The quantitative estimate of drug-likeness (QED) is 0.658. The van der Waals surface area contributed by atoms with E-state index in [0.717, 1.165) is 32.7 Å². The first-order valence-electron chi connectivity index (χ1n) is 6.60. The number of benzene rings is 1. The minimum Gasteiger partial charge on any atom is -0.371 e. The van der Waals surface area contributed by atoms with Crippen LogP contribution in [0.1, 0.15) is 34.6 Å². The van der Waals surface area contributed by atoms with Crippen LogP contribution < -0.4 is 4.90 Å². The van der Waals surface area contributed by atoms with Crippen molar-refractivity contribution in [1.29, 1.82) is 0 Å². The van der Waals surface area contributed by atoms with E-state index < -0.39 is 0 Å². The van der Waals surface area contributed by atoms with Crippen molar-refractivity contribution < 1.29 is 25.8 Å². The number of ether oxygens (including phenoxy) is 1. The second kappa shape index (κ2) is 4.65. The van der Waals surface area contributed by atoms with Gasteiger partial charge in [-0.1, -0.05) is 24.9 Å². The number of aryl methyl sites for hydroxylation is 1. The molecule has 18 heavy (non-hydrogen) atoms. The molecule has 2 heterocycles. The van der Waals surface area contributed by atoms with E-state index in [2.05, 4.69) is 17.9 Å². The Balaban J connectivity index is 0.000001000. The minimum atomic E-state index is 0. The van der Waals surface area contributed by atoms with Gasteiger partial charge in [0, 0.05) is 13.2 Å². The van der Waals surface area contributed by atoms with E-state index in [9.17, 15) is 0 Å². The molecule has 2 nitrogen and oxygen atoms in total. The topological polar surface area (TPSA) is 12.5 Å². The summed E-state index contributed by atoms with van der Waals surface area (Å²) in [5.74, 6) is 0.622. The van der Waals surface area contributed by atoms with Gasteiger partial charge >= 0.3 is 21.1 Å². The van der Waals surface area contributed by atoms with Crippen molar-refractivity contribution in [3.63, 3.8) is 0 Å². The molecule has 0 saturated heterocycles. The fourth-order valence-corrected chi connectivity index (χ4v) is 3.68. The van der Waals surface area contributed by atoms with E-state index in [-0.39, 0.29) is 21.1 Å². The maximum Gasteiger partial charge on any atom is 2.00 e. The van der Waals surface area contributed by atoms with Gasteiger partial charge in [0.25, 0.3) is 0 Å². The molecule has 0 fully saturated rings. The fourth-order valence-electron chi connectivity index (χ4n) is 3.68. The zero-order chi connectivity index (χ0) is 11.4. The van der Waals surface area contributed by atoms with Gasteiger partial charge in [-0.25, -0.2) is 0 Å². The van der Waals surface area contributed by atoms with E-state index in [4.69, 9.17) is 4.74 Å². The first kappa shape index (κ1) is 12.7. The molecule has 94 valence electrons. The summed E-state index contributed by atoms with van der Waals surface area (Å²) >= 11 is 0. The monoisotopic (exact) mass is 411 g/mol. The van der Waals surface area contributed by atoms with Crippen molar-refractivity contribution in [2.24, 2.45) is 0 Å². The second-order valence-electron chi connectivity index (χ2n) is 5.32. The molecule has 1 atom stereocenters. The molecule has 0 amide bonds. The molecule has 3 heteroatoms. The zero-order valence-corrected chi connectivity index (χ0v) is 13.4. The molecular weight excluding hydrogens is 394 g/mol. The maximum absolute atomic E-state index is 5.82. The summed E-state index contributed by atoms with van der Waals surface area (Å²) < 4.78 is 5.82. The van der Waals surface area contributed by atoms with Crippen molar-refractivity contribution in [1.82, 2.24) is 0 Å². The van der Waals surface area contributed by atoms with E-state index in [1.165, 1.54) is 35.2 Å². The standard InChI is InChI=1S/C15H17NO.W/c1-2-10-7-11-3-4-12-8-17-9-16-6-5-13(10)15(16)14(11)12;/h12H,1-6,8-9H2;/q-2;+2. The van der Waals surface area contributed by atoms with E-state index in [1.807, 2.05) is 0 Å². The molecule has 1 unspecified atom stereocenters. The molecule has 0 radical (unpaired) electrons. The molecule has 2 aliphatic heterocycles. The maximum atomic E-state index is 5.82. The molecule has 0 bridgehead atoms. The predicted molar refractivity (Wildman–Crippen MR) is 67.3 cm³/mol. The van der Waals surface area contributed by atoms with E-state index in [0.29, 0.717) is 5.92 Å². The van der Waals surface area contributed by atoms with Gasteiger partial charge in [0.05, 0.1) is 0 Å². The predicted octanol–water partition coefficient (Wildman–Crippen LogP) is 2.24. The number of rotatable bonds is 1. The summed E-state index contributed by atoms with van der Waals surface area (Å²) in [6, 6.07) is 3.64. The molecule has 1 aromatic carbocycles. The van der Waals surface area contributed by atoms with E-state index >= 15 is 0 Å². The average molecular weight is 411 g/mol. The Morgan fingerprint density at radius 1 is 1.39 bits per heavy atom. The third-order valence-corrected chi connectivity index (χ3v) is 4.45. The Bertz CT molecular complexity index is 486. The fraction of sp³-hybridized carbons (Fsp3) is 0.533. The third kappa shape index (κ3) is 1.62. The van der Waals surface area contributed by atoms with Crippen LogP contribution in [0.25, 0.3) is 0 Å². The Morgan fingerprint density at radius 2 is 2.28 bits per heavy atom. The van der Waals surface area contributed by atoms with Crippen LogP contribution in [0.5, 0.6) is 0 Å². The van der Waals surface area contributed by atoms with Crippen molar-refractivity contribution in [2.45, 2.75) is 31.6 Å². The van der Waals surface area contributed by atoms with Crippen molar-refractivity contribution in [3.8, 4) is 0 Å². The van der Waals surface area contributed by atoms with Crippen LogP contribution in [0.2, 0.25) is 0 Å². The van der Waals surface area contributed by atoms with Gasteiger partial charge in [-0.2, -0.15) is 23.6 Å². The summed E-state index contributed by atoms with van der Waals surface area (Å²) in [7, 11) is 0. The number of anilines is 1. The van der Waals surface area contributed by atoms with Gasteiger partial charge in [-0.15, -0.1) is 11.1 Å². The smallest absolute Gasteiger partial charge is 0.371 e. The Labute approximate surface area is 123 Å². The second-order valence-corrected chi connectivity index (χ2v) is 5.32. The molecule has 4 rings (SSSR count). The normalized spacial score (nSPS) is 23.6. The Morgan fingerprint density at radius 3 is 3.11 bits per heavy atom. The first-order valence-corrected chi connectivity index (χ1v) is 6.60. The Hall–Kier alpha value is -0.332. The summed E-state index contributed by atoms with van der Waals surface area (Å²) in [6.45, 7) is 6.84. The van der Waals surface area contributed by atoms with Gasteiger partial charge in [0.1, 0.15) is 6.73 Å². The molecule has 0 saturated carbocycles. The van der Waals surface area contributed by atoms with Crippen molar-refractivity contribution >= 4 is 5.69 Å². The van der Waals surface area contributed by atoms with Crippen LogP contribution in [0.15, 0.2) is 0 Å². The first-order chi connectivity index (χ1) is 8.38. The van der Waals surface area contributed by atoms with Gasteiger partial charge in [-0.3, -0.25) is 0 Å². The molecule has 1 aromatic rings. The average Bonchev–Trinajstić information content (AvgIpc) is 2.88. The summed E-state index contributed by atoms with van der Waals surface area (Å²) in [4.78, 5) is 2.42. The van der Waals surface area contributed by atoms with Crippen LogP contribution in [0, 0.1) is 13.0 Å². The van der Waals surface area contributed by atoms with Crippen LogP contribution in [-0.2, 0) is 45.1 Å². The summed E-state index contributed by atoms with van der Waals surface area (Å²) in [5, 5.41) is 0. The molecule has 0 N–H and O–H groups in total. The van der Waals surface area contributed by atoms with Gasteiger partial charge in [0.15, 0.2) is 0 Å². The third-order valence-electron chi connectivity index (χ3n) is 4.45. The number of hydrogen-bond donors (Lipinski definition) is 0. The van der Waals surface area contributed by atoms with Crippen molar-refractivity contribution in [3.05, 3.63) is 35.2 Å². The van der Waals surface area contributed by atoms with Gasteiger partial charge in [-0.05, 0) is 5.92 Å². The largest absolute Gasteiger partial charge is 2.00 e. The van der Waals surface area contributed by atoms with Crippen LogP contribution in [-0.4, -0.2) is 19.9 Å². The SMILES string of the molecule is [CH2-]Cc1[c-]c2c3c4c1CCN4COCC3CC2.[W+2]. The molecular formula is C15H17NOW. The van der Waals surface area contributed by atoms with E-state index in [1.54, 1.807) is 5.56 Å². The zero-order valence-electron chi connectivity index (χ0n) is 10.5.